The molecule has 0 aromatic carbocycles. The second-order valence-corrected chi connectivity index (χ2v) is 5.17. The third-order valence-electron chi connectivity index (χ3n) is 2.90. The van der Waals surface area contributed by atoms with Gasteiger partial charge in [0.15, 0.2) is 0 Å². The molecular weight excluding hydrogens is 204 g/mol. The van der Waals surface area contributed by atoms with E-state index in [-0.39, 0.29) is 5.97 Å². The van der Waals surface area contributed by atoms with E-state index >= 15 is 0 Å². The van der Waals surface area contributed by atoms with Crippen LogP contribution in [0.3, 0.4) is 0 Å². The first-order chi connectivity index (χ1) is 7.35. The van der Waals surface area contributed by atoms with Crippen molar-refractivity contribution in [2.24, 2.45) is 11.8 Å². The molecule has 0 heterocycles. The molecule has 0 bridgehead atoms. The van der Waals surface area contributed by atoms with Gasteiger partial charge >= 0.3 is 5.97 Å². The van der Waals surface area contributed by atoms with Gasteiger partial charge in [-0.05, 0) is 25.7 Å². The Morgan fingerprint density at radius 3 is 2.38 bits per heavy atom. The van der Waals surface area contributed by atoms with Gasteiger partial charge in [-0.3, -0.25) is 4.79 Å². The summed E-state index contributed by atoms with van der Waals surface area (Å²) in [5.74, 6) is -0.331. The van der Waals surface area contributed by atoms with Crippen LogP contribution in [0.15, 0.2) is 0 Å². The van der Waals surface area contributed by atoms with Crippen LogP contribution in [0.1, 0.15) is 53.4 Å². The molecule has 0 saturated heterocycles. The summed E-state index contributed by atoms with van der Waals surface area (Å²) in [5, 5.41) is 10.4. The predicted molar refractivity (Wildman–Crippen MR) is 65.1 cm³/mol. The maximum atomic E-state index is 11.7. The van der Waals surface area contributed by atoms with Crippen LogP contribution in [0.25, 0.3) is 0 Å². The summed E-state index contributed by atoms with van der Waals surface area (Å²) in [6.07, 6.45) is 3.28. The average Bonchev–Trinajstić information content (AvgIpc) is 2.15. The first kappa shape index (κ1) is 15.4. The molecule has 0 spiro atoms. The van der Waals surface area contributed by atoms with E-state index in [0.717, 1.165) is 12.8 Å². The van der Waals surface area contributed by atoms with Crippen molar-refractivity contribution in [2.75, 3.05) is 7.11 Å². The Kier molecular flexibility index (Phi) is 6.65. The molecule has 0 amide bonds. The van der Waals surface area contributed by atoms with Crippen molar-refractivity contribution in [2.45, 2.75) is 59.0 Å². The van der Waals surface area contributed by atoms with Crippen LogP contribution in [0.5, 0.6) is 0 Å². The standard InChI is InChI=1S/C13H26O3/c1-6-7-8-11(12(14)16-5)13(4,15)9-10(2)3/h10-11,15H,6-9H2,1-5H3. The highest BCUT2D eigenvalue weighted by Gasteiger charge is 2.37. The maximum absolute atomic E-state index is 11.7. The van der Waals surface area contributed by atoms with Crippen LogP contribution in [-0.4, -0.2) is 23.8 Å². The molecule has 1 N–H and O–H groups in total. The molecule has 0 aliphatic carbocycles. The van der Waals surface area contributed by atoms with E-state index in [1.165, 1.54) is 7.11 Å². The van der Waals surface area contributed by atoms with E-state index in [1.54, 1.807) is 6.92 Å². The minimum Gasteiger partial charge on any atom is -0.469 e. The molecule has 0 aliphatic heterocycles. The number of carbonyl (C=O) groups is 1. The maximum Gasteiger partial charge on any atom is 0.311 e. The minimum atomic E-state index is -0.962. The summed E-state index contributed by atoms with van der Waals surface area (Å²) in [6.45, 7) is 7.90. The van der Waals surface area contributed by atoms with Crippen LogP contribution in [-0.2, 0) is 9.53 Å². The molecule has 0 aliphatic rings. The van der Waals surface area contributed by atoms with Crippen molar-refractivity contribution >= 4 is 5.97 Å². The first-order valence-corrected chi connectivity index (χ1v) is 6.15. The number of hydrogen-bond donors (Lipinski definition) is 1. The van der Waals surface area contributed by atoms with Gasteiger partial charge in [0.1, 0.15) is 0 Å². The Morgan fingerprint density at radius 1 is 1.44 bits per heavy atom. The molecule has 0 rings (SSSR count). The summed E-state index contributed by atoms with van der Waals surface area (Å²) in [7, 11) is 1.38. The van der Waals surface area contributed by atoms with Crippen LogP contribution in [0.2, 0.25) is 0 Å². The van der Waals surface area contributed by atoms with Gasteiger partial charge in [0.25, 0.3) is 0 Å². The van der Waals surface area contributed by atoms with E-state index in [9.17, 15) is 9.90 Å². The molecule has 0 saturated carbocycles. The normalized spacial score (nSPS) is 16.9. The van der Waals surface area contributed by atoms with Crippen molar-refractivity contribution in [3.63, 3.8) is 0 Å². The number of ether oxygens (including phenoxy) is 1. The molecule has 0 fully saturated rings. The number of esters is 1. The van der Waals surface area contributed by atoms with E-state index in [4.69, 9.17) is 4.74 Å². The van der Waals surface area contributed by atoms with Crippen LogP contribution in [0.4, 0.5) is 0 Å². The fourth-order valence-corrected chi connectivity index (χ4v) is 2.20. The van der Waals surface area contributed by atoms with Gasteiger partial charge in [0, 0.05) is 0 Å². The summed E-state index contributed by atoms with van der Waals surface area (Å²) in [6, 6.07) is 0. The molecule has 3 heteroatoms. The molecule has 0 aromatic rings. The molecule has 3 nitrogen and oxygen atoms in total. The molecule has 0 aromatic heterocycles. The Morgan fingerprint density at radius 2 is 2.00 bits per heavy atom. The molecule has 96 valence electrons. The summed E-state index contributed by atoms with van der Waals surface area (Å²) in [4.78, 5) is 11.7. The Hall–Kier alpha value is -0.570. The molecule has 0 radical (unpaired) electrons. The SMILES string of the molecule is CCCCC(C(=O)OC)C(C)(O)CC(C)C. The van der Waals surface area contributed by atoms with E-state index in [0.29, 0.717) is 18.8 Å². The van der Waals surface area contributed by atoms with Crippen molar-refractivity contribution < 1.29 is 14.6 Å². The third kappa shape index (κ3) is 4.97. The fraction of sp³-hybridized carbons (Fsp3) is 0.923. The lowest BCUT2D eigenvalue weighted by molar-refractivity contribution is -0.156. The zero-order chi connectivity index (χ0) is 12.8. The zero-order valence-electron chi connectivity index (χ0n) is 11.2. The monoisotopic (exact) mass is 230 g/mol. The van der Waals surface area contributed by atoms with Crippen LogP contribution < -0.4 is 0 Å². The number of hydrogen-bond acceptors (Lipinski definition) is 3. The van der Waals surface area contributed by atoms with Gasteiger partial charge < -0.3 is 9.84 Å². The van der Waals surface area contributed by atoms with Crippen LogP contribution >= 0.6 is 0 Å². The quantitative estimate of drug-likeness (QED) is 0.684. The predicted octanol–water partition coefficient (Wildman–Crippen LogP) is 2.76. The van der Waals surface area contributed by atoms with Gasteiger partial charge in [-0.25, -0.2) is 0 Å². The molecule has 2 unspecified atom stereocenters. The lowest BCUT2D eigenvalue weighted by Crippen LogP contribution is -2.41. The Balaban J connectivity index is 4.64. The minimum absolute atomic E-state index is 0.292. The van der Waals surface area contributed by atoms with Crippen LogP contribution in [0, 0.1) is 11.8 Å². The van der Waals surface area contributed by atoms with E-state index < -0.39 is 11.5 Å². The van der Waals surface area contributed by atoms with Crippen molar-refractivity contribution in [3.8, 4) is 0 Å². The summed E-state index contributed by atoms with van der Waals surface area (Å²) >= 11 is 0. The number of rotatable bonds is 7. The Labute approximate surface area is 99.2 Å². The first-order valence-electron chi connectivity index (χ1n) is 6.15. The largest absolute Gasteiger partial charge is 0.469 e. The lowest BCUT2D eigenvalue weighted by Gasteiger charge is -2.32. The summed E-state index contributed by atoms with van der Waals surface area (Å²) in [5.41, 5.74) is -0.962. The van der Waals surface area contributed by atoms with Gasteiger partial charge in [-0.15, -0.1) is 0 Å². The molecule has 2 atom stereocenters. The van der Waals surface area contributed by atoms with Crippen molar-refractivity contribution in [1.29, 1.82) is 0 Å². The fourth-order valence-electron chi connectivity index (χ4n) is 2.20. The van der Waals surface area contributed by atoms with Gasteiger partial charge in [0.2, 0.25) is 0 Å². The topological polar surface area (TPSA) is 46.5 Å². The van der Waals surface area contributed by atoms with Crippen molar-refractivity contribution in [3.05, 3.63) is 0 Å². The smallest absolute Gasteiger partial charge is 0.311 e. The van der Waals surface area contributed by atoms with E-state index in [1.807, 2.05) is 13.8 Å². The van der Waals surface area contributed by atoms with Gasteiger partial charge in [-0.1, -0.05) is 33.6 Å². The zero-order valence-corrected chi connectivity index (χ0v) is 11.2. The molecular formula is C13H26O3. The highest BCUT2D eigenvalue weighted by Crippen LogP contribution is 2.30. The average molecular weight is 230 g/mol. The number of carbonyl (C=O) groups excluding carboxylic acids is 1. The highest BCUT2D eigenvalue weighted by atomic mass is 16.5. The summed E-state index contributed by atoms with van der Waals surface area (Å²) < 4.78 is 4.78. The van der Waals surface area contributed by atoms with Crippen molar-refractivity contribution in [1.82, 2.24) is 0 Å². The molecule has 16 heavy (non-hydrogen) atoms. The number of aliphatic hydroxyl groups is 1. The third-order valence-corrected chi connectivity index (χ3v) is 2.90. The second kappa shape index (κ2) is 6.89. The number of unbranched alkanes of at least 4 members (excludes halogenated alkanes) is 1. The Bertz CT molecular complexity index is 209. The lowest BCUT2D eigenvalue weighted by atomic mass is 9.79. The van der Waals surface area contributed by atoms with Gasteiger partial charge in [-0.2, -0.15) is 0 Å². The van der Waals surface area contributed by atoms with Gasteiger partial charge in [0.05, 0.1) is 18.6 Å². The number of methoxy groups -OCH3 is 1. The van der Waals surface area contributed by atoms with E-state index in [2.05, 4.69) is 6.92 Å². The second-order valence-electron chi connectivity index (χ2n) is 5.17. The highest BCUT2D eigenvalue weighted by molar-refractivity contribution is 5.73.